The van der Waals surface area contributed by atoms with Crippen molar-refractivity contribution < 1.29 is 22.9 Å². The zero-order valence-electron chi connectivity index (χ0n) is 16.4. The third-order valence-electron chi connectivity index (χ3n) is 5.26. The Hall–Kier alpha value is -2.08. The van der Waals surface area contributed by atoms with Crippen LogP contribution in [0, 0.1) is 10.1 Å². The van der Waals surface area contributed by atoms with Crippen LogP contribution in [0.2, 0.25) is 0 Å². The first-order valence-corrected chi connectivity index (χ1v) is 11.0. The summed E-state index contributed by atoms with van der Waals surface area (Å²) in [6, 6.07) is 4.89. The molecule has 0 spiro atoms. The van der Waals surface area contributed by atoms with Crippen molar-refractivity contribution in [3.05, 3.63) is 34.4 Å². The van der Waals surface area contributed by atoms with Crippen molar-refractivity contribution in [1.29, 1.82) is 0 Å². The maximum absolute atomic E-state index is 12.7. The highest BCUT2D eigenvalue weighted by atomic mass is 35.5. The molecule has 2 saturated heterocycles. The van der Waals surface area contributed by atoms with Gasteiger partial charge in [-0.05, 0) is 31.5 Å². The standard InChI is InChI=1S/C18H24N4O6S.ClH/c23-17-3-1-4-18(24)21(17)10-2-9-19-11-13-20(14-12-19)29(27,28)16-7-5-15(6-8-16)22(25)26;/h5-8H,1-4,9-14H2;1H. The van der Waals surface area contributed by atoms with Gasteiger partial charge in [0.2, 0.25) is 21.8 Å². The molecule has 0 N–H and O–H groups in total. The Morgan fingerprint density at radius 1 is 0.933 bits per heavy atom. The van der Waals surface area contributed by atoms with Gasteiger partial charge in [0.1, 0.15) is 0 Å². The number of carbonyl (C=O) groups excluding carboxylic acids is 2. The van der Waals surface area contributed by atoms with E-state index in [1.54, 1.807) is 0 Å². The summed E-state index contributed by atoms with van der Waals surface area (Å²) < 4.78 is 26.8. The molecular formula is C18H25ClN4O6S. The highest BCUT2D eigenvalue weighted by Crippen LogP contribution is 2.21. The number of nitrogens with zero attached hydrogens (tertiary/aromatic N) is 4. The van der Waals surface area contributed by atoms with E-state index in [4.69, 9.17) is 0 Å². The van der Waals surface area contributed by atoms with Gasteiger partial charge in [0.05, 0.1) is 9.82 Å². The number of likely N-dealkylation sites (tertiary alicyclic amines) is 1. The fraction of sp³-hybridized carbons (Fsp3) is 0.556. The molecular weight excluding hydrogens is 436 g/mol. The Balaban J connectivity index is 0.00000320. The Bertz CT molecular complexity index is 868. The molecule has 0 atom stereocenters. The quantitative estimate of drug-likeness (QED) is 0.341. The molecule has 12 heteroatoms. The second-order valence-electron chi connectivity index (χ2n) is 7.14. The van der Waals surface area contributed by atoms with Gasteiger partial charge in [-0.3, -0.25) is 24.6 Å². The summed E-state index contributed by atoms with van der Waals surface area (Å²) in [5, 5.41) is 10.7. The third-order valence-corrected chi connectivity index (χ3v) is 7.17. The number of rotatable bonds is 7. The number of halogens is 1. The molecule has 0 aliphatic carbocycles. The van der Waals surface area contributed by atoms with Crippen molar-refractivity contribution in [2.24, 2.45) is 0 Å². The SMILES string of the molecule is Cl.O=C1CCCC(=O)N1CCCN1CCN(S(=O)(=O)c2ccc([N+](=O)[O-])cc2)CC1. The summed E-state index contributed by atoms with van der Waals surface area (Å²) in [5.74, 6) is -0.222. The molecule has 2 aliphatic heterocycles. The van der Waals surface area contributed by atoms with Crippen LogP contribution in [0.25, 0.3) is 0 Å². The number of benzene rings is 1. The molecule has 1 aromatic rings. The van der Waals surface area contributed by atoms with Crippen molar-refractivity contribution >= 4 is 39.9 Å². The number of imide groups is 1. The number of piperazine rings is 1. The number of hydrogen-bond acceptors (Lipinski definition) is 7. The first-order valence-electron chi connectivity index (χ1n) is 9.59. The molecule has 0 bridgehead atoms. The van der Waals surface area contributed by atoms with E-state index in [2.05, 4.69) is 4.90 Å². The summed E-state index contributed by atoms with van der Waals surface area (Å²) in [6.07, 6.45) is 2.13. The van der Waals surface area contributed by atoms with Gasteiger partial charge >= 0.3 is 0 Å². The molecule has 0 unspecified atom stereocenters. The molecule has 0 aromatic heterocycles. The van der Waals surface area contributed by atoms with Crippen LogP contribution in [-0.2, 0) is 19.6 Å². The minimum atomic E-state index is -3.69. The highest BCUT2D eigenvalue weighted by molar-refractivity contribution is 7.89. The first-order chi connectivity index (χ1) is 13.8. The molecule has 2 fully saturated rings. The van der Waals surface area contributed by atoms with E-state index in [0.29, 0.717) is 65.0 Å². The monoisotopic (exact) mass is 460 g/mol. The summed E-state index contributed by atoms with van der Waals surface area (Å²) in [4.78, 5) is 37.3. The van der Waals surface area contributed by atoms with Gasteiger partial charge in [0.15, 0.2) is 0 Å². The van der Waals surface area contributed by atoms with Gasteiger partial charge < -0.3 is 4.90 Å². The van der Waals surface area contributed by atoms with Crippen molar-refractivity contribution in [3.63, 3.8) is 0 Å². The number of piperidine rings is 1. The molecule has 3 rings (SSSR count). The van der Waals surface area contributed by atoms with Crippen LogP contribution >= 0.6 is 12.4 Å². The average molecular weight is 461 g/mol. The molecule has 10 nitrogen and oxygen atoms in total. The fourth-order valence-electron chi connectivity index (χ4n) is 3.58. The van der Waals surface area contributed by atoms with E-state index < -0.39 is 14.9 Å². The normalized spacial score (nSPS) is 18.9. The van der Waals surface area contributed by atoms with Gasteiger partial charge in [0.25, 0.3) is 5.69 Å². The van der Waals surface area contributed by atoms with Gasteiger partial charge in [-0.25, -0.2) is 8.42 Å². The van der Waals surface area contributed by atoms with E-state index >= 15 is 0 Å². The number of non-ortho nitro benzene ring substituents is 1. The Kier molecular flexibility index (Phi) is 8.30. The minimum Gasteiger partial charge on any atom is -0.301 e. The predicted molar refractivity (Wildman–Crippen MR) is 111 cm³/mol. The summed E-state index contributed by atoms with van der Waals surface area (Å²) >= 11 is 0. The zero-order chi connectivity index (χ0) is 21.0. The van der Waals surface area contributed by atoms with Crippen molar-refractivity contribution in [2.45, 2.75) is 30.6 Å². The van der Waals surface area contributed by atoms with E-state index in [-0.39, 0.29) is 34.8 Å². The Labute approximate surface area is 181 Å². The second-order valence-corrected chi connectivity index (χ2v) is 9.08. The zero-order valence-corrected chi connectivity index (χ0v) is 18.1. The Morgan fingerprint density at radius 3 is 2.03 bits per heavy atom. The first kappa shape index (κ1) is 24.2. The average Bonchev–Trinajstić information content (AvgIpc) is 2.70. The van der Waals surface area contributed by atoms with E-state index in [9.17, 15) is 28.1 Å². The van der Waals surface area contributed by atoms with E-state index in [1.165, 1.54) is 33.5 Å². The maximum Gasteiger partial charge on any atom is 0.269 e. The van der Waals surface area contributed by atoms with Gasteiger partial charge in [-0.1, -0.05) is 0 Å². The number of hydrogen-bond donors (Lipinski definition) is 0. The van der Waals surface area contributed by atoms with Crippen LogP contribution in [0.5, 0.6) is 0 Å². The number of sulfonamides is 1. The number of nitro benzene ring substituents is 1. The fourth-order valence-corrected chi connectivity index (χ4v) is 5.01. The number of carbonyl (C=O) groups is 2. The van der Waals surface area contributed by atoms with E-state index in [0.717, 1.165) is 0 Å². The lowest BCUT2D eigenvalue weighted by atomic mass is 10.1. The molecule has 0 saturated carbocycles. The molecule has 166 valence electrons. The lowest BCUT2D eigenvalue weighted by Gasteiger charge is -2.34. The van der Waals surface area contributed by atoms with Crippen molar-refractivity contribution in [2.75, 3.05) is 39.3 Å². The lowest BCUT2D eigenvalue weighted by Crippen LogP contribution is -2.49. The summed E-state index contributed by atoms with van der Waals surface area (Å²) in [7, 11) is -3.69. The minimum absolute atomic E-state index is 0. The highest BCUT2D eigenvalue weighted by Gasteiger charge is 2.29. The van der Waals surface area contributed by atoms with Crippen LogP contribution in [0.15, 0.2) is 29.2 Å². The lowest BCUT2D eigenvalue weighted by molar-refractivity contribution is -0.384. The summed E-state index contributed by atoms with van der Waals surface area (Å²) in [5.41, 5.74) is -0.153. The third kappa shape index (κ3) is 5.54. The molecule has 2 aliphatic rings. The number of nitro groups is 1. The molecule has 0 radical (unpaired) electrons. The van der Waals surface area contributed by atoms with Gasteiger partial charge in [0, 0.05) is 57.7 Å². The topological polar surface area (TPSA) is 121 Å². The summed E-state index contributed by atoms with van der Waals surface area (Å²) in [6.45, 7) is 2.82. The van der Waals surface area contributed by atoms with Gasteiger partial charge in [-0.2, -0.15) is 4.31 Å². The predicted octanol–water partition coefficient (Wildman–Crippen LogP) is 1.25. The molecule has 2 amide bonds. The van der Waals surface area contributed by atoms with Crippen LogP contribution in [-0.4, -0.2) is 78.5 Å². The van der Waals surface area contributed by atoms with Crippen LogP contribution in [0.3, 0.4) is 0 Å². The van der Waals surface area contributed by atoms with Crippen molar-refractivity contribution in [3.8, 4) is 0 Å². The van der Waals surface area contributed by atoms with Crippen LogP contribution < -0.4 is 0 Å². The van der Waals surface area contributed by atoms with Crippen molar-refractivity contribution in [1.82, 2.24) is 14.1 Å². The molecule has 2 heterocycles. The maximum atomic E-state index is 12.7. The smallest absolute Gasteiger partial charge is 0.269 e. The number of amides is 2. The molecule has 1 aromatic carbocycles. The second kappa shape index (κ2) is 10.3. The largest absolute Gasteiger partial charge is 0.301 e. The van der Waals surface area contributed by atoms with Crippen LogP contribution in [0.4, 0.5) is 5.69 Å². The van der Waals surface area contributed by atoms with Crippen LogP contribution in [0.1, 0.15) is 25.7 Å². The Morgan fingerprint density at radius 2 is 1.50 bits per heavy atom. The van der Waals surface area contributed by atoms with E-state index in [1.807, 2.05) is 0 Å². The van der Waals surface area contributed by atoms with Gasteiger partial charge in [-0.15, -0.1) is 12.4 Å². The molecule has 30 heavy (non-hydrogen) atoms.